The van der Waals surface area contributed by atoms with Crippen molar-refractivity contribution in [2.24, 2.45) is 5.73 Å². The van der Waals surface area contributed by atoms with Gasteiger partial charge in [0.05, 0.1) is 4.90 Å². The van der Waals surface area contributed by atoms with E-state index in [0.29, 0.717) is 4.90 Å². The van der Waals surface area contributed by atoms with E-state index in [1.807, 2.05) is 31.2 Å². The highest BCUT2D eigenvalue weighted by molar-refractivity contribution is 7.91. The standard InChI is InChI=1S/C15H17NO2S/c1-12-7-5-6-10-14(12)15(11-16)19(17,18)13-8-3-2-4-9-13/h2-10,15H,11,16H2,1H3. The van der Waals surface area contributed by atoms with E-state index in [1.165, 1.54) is 0 Å². The summed E-state index contributed by atoms with van der Waals surface area (Å²) in [6.07, 6.45) is 0. The van der Waals surface area contributed by atoms with E-state index >= 15 is 0 Å². The number of sulfone groups is 1. The van der Waals surface area contributed by atoms with E-state index in [4.69, 9.17) is 5.73 Å². The van der Waals surface area contributed by atoms with Crippen LogP contribution in [0.15, 0.2) is 59.5 Å². The Bertz CT molecular complexity index is 651. The Kier molecular flexibility index (Phi) is 4.02. The Morgan fingerprint density at radius 3 is 2.16 bits per heavy atom. The summed E-state index contributed by atoms with van der Waals surface area (Å²) in [7, 11) is -3.45. The van der Waals surface area contributed by atoms with E-state index < -0.39 is 15.1 Å². The average Bonchev–Trinajstić information content (AvgIpc) is 2.42. The van der Waals surface area contributed by atoms with Crippen LogP contribution in [0.5, 0.6) is 0 Å². The molecule has 0 saturated heterocycles. The van der Waals surface area contributed by atoms with Crippen molar-refractivity contribution < 1.29 is 8.42 Å². The average molecular weight is 275 g/mol. The predicted molar refractivity (Wildman–Crippen MR) is 76.6 cm³/mol. The third kappa shape index (κ3) is 2.69. The van der Waals surface area contributed by atoms with Crippen molar-refractivity contribution in [3.8, 4) is 0 Å². The molecule has 0 bridgehead atoms. The molecule has 0 aliphatic heterocycles. The summed E-state index contributed by atoms with van der Waals surface area (Å²) in [5, 5.41) is -0.698. The first-order valence-electron chi connectivity index (χ1n) is 6.12. The highest BCUT2D eigenvalue weighted by atomic mass is 32.2. The molecule has 0 saturated carbocycles. The monoisotopic (exact) mass is 275 g/mol. The maximum Gasteiger partial charge on any atom is 0.186 e. The number of nitrogens with two attached hydrogens (primary N) is 1. The first-order valence-corrected chi connectivity index (χ1v) is 7.66. The number of hydrogen-bond acceptors (Lipinski definition) is 3. The van der Waals surface area contributed by atoms with Crippen LogP contribution in [0, 0.1) is 6.92 Å². The van der Waals surface area contributed by atoms with Gasteiger partial charge in [0.2, 0.25) is 0 Å². The molecule has 2 aromatic rings. The zero-order valence-corrected chi connectivity index (χ0v) is 11.6. The van der Waals surface area contributed by atoms with Gasteiger partial charge in [-0.15, -0.1) is 0 Å². The Morgan fingerprint density at radius 1 is 1.00 bits per heavy atom. The number of hydrogen-bond donors (Lipinski definition) is 1. The van der Waals surface area contributed by atoms with Crippen LogP contribution < -0.4 is 5.73 Å². The van der Waals surface area contributed by atoms with Crippen LogP contribution >= 0.6 is 0 Å². The summed E-state index contributed by atoms with van der Waals surface area (Å²) in [6.45, 7) is 1.97. The van der Waals surface area contributed by atoms with Crippen molar-refractivity contribution in [1.82, 2.24) is 0 Å². The lowest BCUT2D eigenvalue weighted by Gasteiger charge is -2.18. The van der Waals surface area contributed by atoms with Gasteiger partial charge in [0, 0.05) is 6.54 Å². The molecule has 1 atom stereocenters. The highest BCUT2D eigenvalue weighted by Gasteiger charge is 2.28. The fourth-order valence-electron chi connectivity index (χ4n) is 2.14. The minimum atomic E-state index is -3.45. The fraction of sp³-hybridized carbons (Fsp3) is 0.200. The minimum Gasteiger partial charge on any atom is -0.329 e. The third-order valence-corrected chi connectivity index (χ3v) is 5.32. The zero-order chi connectivity index (χ0) is 13.9. The van der Waals surface area contributed by atoms with Crippen molar-refractivity contribution in [1.29, 1.82) is 0 Å². The minimum absolute atomic E-state index is 0.0715. The topological polar surface area (TPSA) is 60.2 Å². The Hall–Kier alpha value is -1.65. The molecule has 0 amide bonds. The maximum atomic E-state index is 12.6. The molecule has 100 valence electrons. The van der Waals surface area contributed by atoms with Crippen LogP contribution in [-0.4, -0.2) is 15.0 Å². The quantitative estimate of drug-likeness (QED) is 0.932. The van der Waals surface area contributed by atoms with Crippen LogP contribution in [0.4, 0.5) is 0 Å². The summed E-state index contributed by atoms with van der Waals surface area (Å²) in [5.41, 5.74) is 7.43. The Morgan fingerprint density at radius 2 is 1.58 bits per heavy atom. The van der Waals surface area contributed by atoms with Gasteiger partial charge >= 0.3 is 0 Å². The molecule has 3 nitrogen and oxygen atoms in total. The fourth-order valence-corrected chi connectivity index (χ4v) is 3.86. The smallest absolute Gasteiger partial charge is 0.186 e. The molecule has 2 rings (SSSR count). The van der Waals surface area contributed by atoms with Gasteiger partial charge in [-0.05, 0) is 30.2 Å². The molecule has 2 N–H and O–H groups in total. The van der Waals surface area contributed by atoms with Gasteiger partial charge in [-0.1, -0.05) is 42.5 Å². The van der Waals surface area contributed by atoms with Gasteiger partial charge in [0.25, 0.3) is 0 Å². The van der Waals surface area contributed by atoms with Crippen LogP contribution in [-0.2, 0) is 9.84 Å². The van der Waals surface area contributed by atoms with Gasteiger partial charge in [0.1, 0.15) is 5.25 Å². The van der Waals surface area contributed by atoms with Gasteiger partial charge in [-0.2, -0.15) is 0 Å². The summed E-state index contributed by atoms with van der Waals surface area (Å²) in [5.74, 6) is 0. The Labute approximate surface area is 114 Å². The van der Waals surface area contributed by atoms with Gasteiger partial charge < -0.3 is 5.73 Å². The molecule has 1 unspecified atom stereocenters. The molecule has 0 aliphatic rings. The molecule has 0 fully saturated rings. The summed E-state index contributed by atoms with van der Waals surface area (Å²) in [4.78, 5) is 0.314. The second-order valence-electron chi connectivity index (χ2n) is 4.44. The second kappa shape index (κ2) is 5.55. The highest BCUT2D eigenvalue weighted by Crippen LogP contribution is 2.29. The third-order valence-electron chi connectivity index (χ3n) is 3.20. The van der Waals surface area contributed by atoms with Gasteiger partial charge in [-0.25, -0.2) is 8.42 Å². The van der Waals surface area contributed by atoms with Crippen LogP contribution in [0.2, 0.25) is 0 Å². The molecule has 0 aromatic heterocycles. The van der Waals surface area contributed by atoms with Crippen molar-refractivity contribution in [3.05, 3.63) is 65.7 Å². The predicted octanol–water partition coefficient (Wildman–Crippen LogP) is 2.47. The lowest BCUT2D eigenvalue weighted by Crippen LogP contribution is -2.23. The first-order chi connectivity index (χ1) is 9.07. The first kappa shape index (κ1) is 13.8. The zero-order valence-electron chi connectivity index (χ0n) is 10.8. The van der Waals surface area contributed by atoms with E-state index in [0.717, 1.165) is 11.1 Å². The molecule has 0 spiro atoms. The SMILES string of the molecule is Cc1ccccc1C(CN)S(=O)(=O)c1ccccc1. The number of aryl methyl sites for hydroxylation is 1. The van der Waals surface area contributed by atoms with E-state index in [-0.39, 0.29) is 6.54 Å². The number of benzene rings is 2. The van der Waals surface area contributed by atoms with Crippen LogP contribution in [0.3, 0.4) is 0 Å². The molecule has 4 heteroatoms. The Balaban J connectivity index is 2.52. The van der Waals surface area contributed by atoms with Crippen molar-refractivity contribution in [2.75, 3.05) is 6.54 Å². The van der Waals surface area contributed by atoms with E-state index in [2.05, 4.69) is 0 Å². The second-order valence-corrected chi connectivity index (χ2v) is 6.57. The molecular formula is C15H17NO2S. The lowest BCUT2D eigenvalue weighted by molar-refractivity contribution is 0.582. The summed E-state index contributed by atoms with van der Waals surface area (Å²) >= 11 is 0. The van der Waals surface area contributed by atoms with Gasteiger partial charge in [-0.3, -0.25) is 0 Å². The maximum absolute atomic E-state index is 12.6. The largest absolute Gasteiger partial charge is 0.329 e. The van der Waals surface area contributed by atoms with Crippen molar-refractivity contribution in [3.63, 3.8) is 0 Å². The summed E-state index contributed by atoms with van der Waals surface area (Å²) < 4.78 is 25.3. The van der Waals surface area contributed by atoms with Gasteiger partial charge in [0.15, 0.2) is 9.84 Å². The summed E-state index contributed by atoms with van der Waals surface area (Å²) in [6, 6.07) is 15.9. The number of rotatable bonds is 4. The molecule has 0 heterocycles. The van der Waals surface area contributed by atoms with Crippen LogP contribution in [0.1, 0.15) is 16.4 Å². The van der Waals surface area contributed by atoms with Crippen LogP contribution in [0.25, 0.3) is 0 Å². The molecular weight excluding hydrogens is 258 g/mol. The normalized spacial score (nSPS) is 13.2. The van der Waals surface area contributed by atoms with Crippen molar-refractivity contribution in [2.45, 2.75) is 17.1 Å². The molecule has 0 radical (unpaired) electrons. The van der Waals surface area contributed by atoms with Crippen molar-refractivity contribution >= 4 is 9.84 Å². The van der Waals surface area contributed by atoms with E-state index in [9.17, 15) is 8.42 Å². The molecule has 19 heavy (non-hydrogen) atoms. The van der Waals surface area contributed by atoms with E-state index in [1.54, 1.807) is 30.3 Å². The molecule has 0 aliphatic carbocycles. The molecule has 2 aromatic carbocycles. The lowest BCUT2D eigenvalue weighted by atomic mass is 10.1.